The molecule has 186 valence electrons. The number of allylic oxidation sites excluding steroid dienone is 1. The number of amides is 1. The molecule has 1 fully saturated rings. The first-order chi connectivity index (χ1) is 17.4. The summed E-state index contributed by atoms with van der Waals surface area (Å²) in [6, 6.07) is 26.2. The number of carbonyl (C=O) groups excluding carboxylic acids is 1. The molecule has 1 aliphatic heterocycles. The van der Waals surface area contributed by atoms with Crippen LogP contribution in [-0.4, -0.2) is 18.6 Å². The normalized spacial score (nSPS) is 21.3. The number of benzene rings is 3. The topological polar surface area (TPSA) is 54.5 Å². The Morgan fingerprint density at radius 3 is 2.06 bits per heavy atom. The Bertz CT molecular complexity index is 1330. The van der Waals surface area contributed by atoms with Crippen LogP contribution in [-0.2, 0) is 14.8 Å². The van der Waals surface area contributed by atoms with Crippen molar-refractivity contribution in [1.29, 1.82) is 0 Å². The van der Waals surface area contributed by atoms with Crippen molar-refractivity contribution in [3.05, 3.63) is 108 Å². The van der Waals surface area contributed by atoms with Crippen LogP contribution in [0.1, 0.15) is 61.1 Å². The summed E-state index contributed by atoms with van der Waals surface area (Å²) < 4.78 is 29.2. The van der Waals surface area contributed by atoms with E-state index in [-0.39, 0.29) is 16.7 Å². The molecule has 5 heteroatoms. The fourth-order valence-corrected chi connectivity index (χ4v) is 7.18. The van der Waals surface area contributed by atoms with Gasteiger partial charge in [0.1, 0.15) is 0 Å². The van der Waals surface area contributed by atoms with Crippen LogP contribution >= 0.6 is 0 Å². The molecule has 0 N–H and O–H groups in total. The lowest BCUT2D eigenvalue weighted by Gasteiger charge is -2.39. The molecule has 1 saturated carbocycles. The summed E-state index contributed by atoms with van der Waals surface area (Å²) >= 11 is 0. The number of sulfonamides is 1. The van der Waals surface area contributed by atoms with E-state index in [2.05, 4.69) is 12.1 Å². The van der Waals surface area contributed by atoms with E-state index in [4.69, 9.17) is 0 Å². The largest absolute Gasteiger partial charge is 0.273 e. The van der Waals surface area contributed by atoms with E-state index in [1.807, 2.05) is 61.5 Å². The fraction of sp³-hybridized carbons (Fsp3) is 0.323. The van der Waals surface area contributed by atoms with Crippen molar-refractivity contribution in [1.82, 2.24) is 4.31 Å². The van der Waals surface area contributed by atoms with Crippen LogP contribution in [0.3, 0.4) is 0 Å². The molecule has 0 saturated heterocycles. The molecule has 2 atom stereocenters. The Kier molecular flexibility index (Phi) is 7.10. The van der Waals surface area contributed by atoms with Crippen molar-refractivity contribution in [2.75, 3.05) is 0 Å². The number of hydrogen-bond acceptors (Lipinski definition) is 3. The zero-order valence-electron chi connectivity index (χ0n) is 20.7. The van der Waals surface area contributed by atoms with Gasteiger partial charge in [0.25, 0.3) is 10.0 Å². The zero-order chi connectivity index (χ0) is 25.1. The third-order valence-electron chi connectivity index (χ3n) is 7.63. The summed E-state index contributed by atoms with van der Waals surface area (Å²) in [5.41, 5.74) is 3.18. The Hall–Kier alpha value is -3.18. The maximum absolute atomic E-state index is 14.4. The van der Waals surface area contributed by atoms with Crippen LogP contribution in [0.5, 0.6) is 0 Å². The summed E-state index contributed by atoms with van der Waals surface area (Å²) in [4.78, 5) is 14.5. The lowest BCUT2D eigenvalue weighted by molar-refractivity contribution is -0.130. The van der Waals surface area contributed by atoms with Crippen LogP contribution in [0.2, 0.25) is 0 Å². The van der Waals surface area contributed by atoms with Crippen molar-refractivity contribution in [3.63, 3.8) is 0 Å². The van der Waals surface area contributed by atoms with Crippen molar-refractivity contribution in [2.45, 2.75) is 56.3 Å². The molecular weight excluding hydrogens is 466 g/mol. The zero-order valence-corrected chi connectivity index (χ0v) is 21.5. The van der Waals surface area contributed by atoms with E-state index in [9.17, 15) is 13.2 Å². The molecule has 1 aliphatic carbocycles. The molecule has 0 unspecified atom stereocenters. The SMILES string of the molecule is Cc1ccc(S(=O)(=O)N2C(=O)[C@@H](CC3CCCCC3)[C@H](c3ccccc3)C=C2c2ccccc2)cc1. The minimum atomic E-state index is -4.09. The molecule has 36 heavy (non-hydrogen) atoms. The Morgan fingerprint density at radius 1 is 0.806 bits per heavy atom. The molecule has 0 bridgehead atoms. The molecule has 3 aromatic rings. The van der Waals surface area contributed by atoms with Gasteiger partial charge < -0.3 is 0 Å². The monoisotopic (exact) mass is 499 g/mol. The number of hydrogen-bond donors (Lipinski definition) is 0. The van der Waals surface area contributed by atoms with Gasteiger partial charge in [-0.3, -0.25) is 4.79 Å². The molecule has 2 aliphatic rings. The minimum absolute atomic E-state index is 0.137. The first kappa shape index (κ1) is 24.5. The number of carbonyl (C=O) groups is 1. The van der Waals surface area contributed by atoms with Crippen molar-refractivity contribution in [2.24, 2.45) is 11.8 Å². The molecule has 0 aromatic heterocycles. The molecular formula is C31H33NO3S. The van der Waals surface area contributed by atoms with Crippen LogP contribution in [0.4, 0.5) is 0 Å². The molecule has 0 radical (unpaired) electrons. The van der Waals surface area contributed by atoms with Crippen LogP contribution < -0.4 is 0 Å². The highest BCUT2D eigenvalue weighted by Gasteiger charge is 2.44. The summed E-state index contributed by atoms with van der Waals surface area (Å²) in [5, 5.41) is 0. The summed E-state index contributed by atoms with van der Waals surface area (Å²) in [7, 11) is -4.09. The second-order valence-corrected chi connectivity index (χ2v) is 11.9. The number of aryl methyl sites for hydroxylation is 1. The Balaban J connectivity index is 1.66. The molecule has 1 heterocycles. The smallest absolute Gasteiger partial charge is 0.270 e. The van der Waals surface area contributed by atoms with Crippen molar-refractivity contribution < 1.29 is 13.2 Å². The molecule has 0 spiro atoms. The minimum Gasteiger partial charge on any atom is -0.273 e. The van der Waals surface area contributed by atoms with Gasteiger partial charge in [0.15, 0.2) is 0 Å². The molecule has 5 rings (SSSR count). The molecule has 1 amide bonds. The maximum atomic E-state index is 14.4. The van der Waals surface area contributed by atoms with Crippen LogP contribution in [0.15, 0.2) is 95.9 Å². The second kappa shape index (κ2) is 10.4. The van der Waals surface area contributed by atoms with Gasteiger partial charge in [-0.05, 0) is 42.5 Å². The van der Waals surface area contributed by atoms with E-state index in [1.165, 1.54) is 19.3 Å². The number of nitrogens with zero attached hydrogens (tertiary/aromatic N) is 1. The van der Waals surface area contributed by atoms with Gasteiger partial charge in [0.05, 0.1) is 16.5 Å². The van der Waals surface area contributed by atoms with Gasteiger partial charge in [0.2, 0.25) is 5.91 Å². The highest BCUT2D eigenvalue weighted by Crippen LogP contribution is 2.44. The highest BCUT2D eigenvalue weighted by atomic mass is 32.2. The third kappa shape index (κ3) is 4.90. The third-order valence-corrected chi connectivity index (χ3v) is 9.36. The van der Waals surface area contributed by atoms with Gasteiger partial charge in [0, 0.05) is 5.92 Å². The predicted molar refractivity (Wildman–Crippen MR) is 143 cm³/mol. The Morgan fingerprint density at radius 2 is 1.42 bits per heavy atom. The van der Waals surface area contributed by atoms with Crippen molar-refractivity contribution in [3.8, 4) is 0 Å². The lowest BCUT2D eigenvalue weighted by atomic mass is 9.74. The van der Waals surface area contributed by atoms with E-state index < -0.39 is 15.9 Å². The van der Waals surface area contributed by atoms with Crippen LogP contribution in [0.25, 0.3) is 5.70 Å². The van der Waals surface area contributed by atoms with E-state index >= 15 is 0 Å². The highest BCUT2D eigenvalue weighted by molar-refractivity contribution is 7.90. The molecule has 4 nitrogen and oxygen atoms in total. The van der Waals surface area contributed by atoms with Gasteiger partial charge in [-0.25, -0.2) is 12.7 Å². The van der Waals surface area contributed by atoms with E-state index in [0.29, 0.717) is 18.0 Å². The first-order valence-corrected chi connectivity index (χ1v) is 14.4. The predicted octanol–water partition coefficient (Wildman–Crippen LogP) is 6.94. The Labute approximate surface area is 214 Å². The van der Waals surface area contributed by atoms with Crippen LogP contribution in [0, 0.1) is 18.8 Å². The van der Waals surface area contributed by atoms with Gasteiger partial charge in [-0.2, -0.15) is 0 Å². The lowest BCUT2D eigenvalue weighted by Crippen LogP contribution is -2.45. The number of rotatable bonds is 6. The first-order valence-electron chi connectivity index (χ1n) is 12.9. The quantitative estimate of drug-likeness (QED) is 0.369. The fourth-order valence-electron chi connectivity index (χ4n) is 5.70. The van der Waals surface area contributed by atoms with Gasteiger partial charge >= 0.3 is 0 Å². The average molecular weight is 500 g/mol. The van der Waals surface area contributed by atoms with E-state index in [1.54, 1.807) is 24.3 Å². The summed E-state index contributed by atoms with van der Waals surface area (Å²) in [6.07, 6.45) is 8.53. The van der Waals surface area contributed by atoms with Gasteiger partial charge in [-0.15, -0.1) is 0 Å². The van der Waals surface area contributed by atoms with Crippen molar-refractivity contribution >= 4 is 21.6 Å². The summed E-state index contributed by atoms with van der Waals surface area (Å²) in [5.74, 6) is -0.491. The standard InChI is InChI=1S/C31H33NO3S/c1-23-17-19-27(20-18-23)36(34,35)32-30(26-15-9-4-10-16-26)22-28(25-13-7-3-8-14-25)29(31(32)33)21-24-11-5-2-6-12-24/h3-4,7-10,13-20,22,24,28-29H,2,5-6,11-12,21H2,1H3/t28-,29-/m0/s1. The summed E-state index contributed by atoms with van der Waals surface area (Å²) in [6.45, 7) is 1.92. The van der Waals surface area contributed by atoms with Gasteiger partial charge in [-0.1, -0.05) is 117 Å². The second-order valence-electron chi connectivity index (χ2n) is 10.1. The van der Waals surface area contributed by atoms with E-state index in [0.717, 1.165) is 33.8 Å². The molecule has 3 aromatic carbocycles. The average Bonchev–Trinajstić information content (AvgIpc) is 2.91. The maximum Gasteiger partial charge on any atom is 0.270 e.